The molecular weight excluding hydrogens is 226 g/mol. The Morgan fingerprint density at radius 1 is 1.44 bits per heavy atom. The van der Waals surface area contributed by atoms with E-state index in [1.807, 2.05) is 6.07 Å². The van der Waals surface area contributed by atoms with E-state index in [2.05, 4.69) is 23.0 Å². The first-order valence-corrected chi connectivity index (χ1v) is 6.73. The van der Waals surface area contributed by atoms with Crippen molar-refractivity contribution in [2.75, 3.05) is 7.05 Å². The fraction of sp³-hybridized carbons (Fsp3) is 0.643. The fourth-order valence-corrected chi connectivity index (χ4v) is 2.79. The van der Waals surface area contributed by atoms with Gasteiger partial charge in [0.2, 0.25) is 0 Å². The van der Waals surface area contributed by atoms with Gasteiger partial charge in [-0.05, 0) is 31.5 Å². The van der Waals surface area contributed by atoms with E-state index < -0.39 is 0 Å². The summed E-state index contributed by atoms with van der Waals surface area (Å²) in [6, 6.07) is 4.28. The van der Waals surface area contributed by atoms with Crippen molar-refractivity contribution in [1.29, 1.82) is 0 Å². The van der Waals surface area contributed by atoms with Gasteiger partial charge >= 0.3 is 0 Å². The Bertz CT molecular complexity index is 383. The van der Waals surface area contributed by atoms with E-state index in [1.54, 1.807) is 6.20 Å². The number of aromatic nitrogens is 1. The molecule has 0 bridgehead atoms. The quantitative estimate of drug-likeness (QED) is 0.843. The summed E-state index contributed by atoms with van der Waals surface area (Å²) < 4.78 is 0. The van der Waals surface area contributed by atoms with Crippen molar-refractivity contribution < 1.29 is 5.11 Å². The number of aliphatic hydroxyl groups is 1. The average molecular weight is 249 g/mol. The molecule has 0 saturated heterocycles. The predicted octanol–water partition coefficient (Wildman–Crippen LogP) is 1.28. The zero-order valence-corrected chi connectivity index (χ0v) is 11.0. The lowest BCUT2D eigenvalue weighted by atomic mass is 9.91. The zero-order chi connectivity index (χ0) is 13.0. The van der Waals surface area contributed by atoms with E-state index in [1.165, 1.54) is 12.0 Å². The number of nitrogens with zero attached hydrogens (tertiary/aromatic N) is 2. The molecule has 4 heteroatoms. The summed E-state index contributed by atoms with van der Waals surface area (Å²) in [6.07, 6.45) is 5.94. The van der Waals surface area contributed by atoms with Crippen molar-refractivity contribution >= 4 is 0 Å². The van der Waals surface area contributed by atoms with Crippen LogP contribution in [-0.2, 0) is 13.1 Å². The molecule has 0 aliphatic heterocycles. The van der Waals surface area contributed by atoms with Gasteiger partial charge in [-0.15, -0.1) is 0 Å². The minimum atomic E-state index is -0.193. The lowest BCUT2D eigenvalue weighted by Crippen LogP contribution is -2.43. The van der Waals surface area contributed by atoms with Gasteiger partial charge in [0.05, 0.1) is 11.8 Å². The highest BCUT2D eigenvalue weighted by atomic mass is 16.3. The van der Waals surface area contributed by atoms with E-state index in [4.69, 9.17) is 5.73 Å². The van der Waals surface area contributed by atoms with Crippen molar-refractivity contribution in [3.63, 3.8) is 0 Å². The SMILES string of the molecule is CN(Cc1cccnc1CN)C1CCCCC1O. The molecule has 18 heavy (non-hydrogen) atoms. The van der Waals surface area contributed by atoms with Crippen LogP contribution in [0.4, 0.5) is 0 Å². The molecule has 1 aromatic heterocycles. The molecule has 0 radical (unpaired) electrons. The molecule has 0 spiro atoms. The number of nitrogens with two attached hydrogens (primary N) is 1. The Balaban J connectivity index is 2.03. The third-order valence-electron chi connectivity index (χ3n) is 3.86. The summed E-state index contributed by atoms with van der Waals surface area (Å²) in [5, 5.41) is 10.1. The van der Waals surface area contributed by atoms with E-state index in [0.717, 1.165) is 31.5 Å². The Hall–Kier alpha value is -0.970. The third kappa shape index (κ3) is 3.07. The van der Waals surface area contributed by atoms with Crippen molar-refractivity contribution in [1.82, 2.24) is 9.88 Å². The first kappa shape index (κ1) is 13.5. The molecular formula is C14H23N3O. The van der Waals surface area contributed by atoms with Crippen LogP contribution in [0.15, 0.2) is 18.3 Å². The minimum Gasteiger partial charge on any atom is -0.391 e. The number of likely N-dealkylation sites (N-methyl/N-ethyl adjacent to an activating group) is 1. The summed E-state index contributed by atoms with van der Waals surface area (Å²) in [5.41, 5.74) is 7.82. The fourth-order valence-electron chi connectivity index (χ4n) is 2.79. The molecule has 0 amide bonds. The van der Waals surface area contributed by atoms with Crippen LogP contribution >= 0.6 is 0 Å². The Labute approximate surface area is 109 Å². The van der Waals surface area contributed by atoms with Gasteiger partial charge in [-0.2, -0.15) is 0 Å². The Morgan fingerprint density at radius 2 is 2.22 bits per heavy atom. The summed E-state index contributed by atoms with van der Waals surface area (Å²) in [4.78, 5) is 6.54. The average Bonchev–Trinajstić information content (AvgIpc) is 2.39. The Kier molecular flexibility index (Phi) is 4.69. The van der Waals surface area contributed by atoms with Crippen LogP contribution in [0.5, 0.6) is 0 Å². The van der Waals surface area contributed by atoms with Crippen molar-refractivity contribution in [2.45, 2.75) is 50.9 Å². The van der Waals surface area contributed by atoms with E-state index in [0.29, 0.717) is 6.54 Å². The molecule has 100 valence electrons. The van der Waals surface area contributed by atoms with Gasteiger partial charge in [0, 0.05) is 25.3 Å². The normalized spacial score (nSPS) is 24.4. The number of rotatable bonds is 4. The predicted molar refractivity (Wildman–Crippen MR) is 71.9 cm³/mol. The maximum Gasteiger partial charge on any atom is 0.0695 e. The first-order valence-electron chi connectivity index (χ1n) is 6.73. The first-order chi connectivity index (χ1) is 8.72. The summed E-state index contributed by atoms with van der Waals surface area (Å²) in [6.45, 7) is 1.28. The molecule has 1 aliphatic rings. The molecule has 1 heterocycles. The maximum absolute atomic E-state index is 10.1. The number of hydrogen-bond acceptors (Lipinski definition) is 4. The topological polar surface area (TPSA) is 62.4 Å². The smallest absolute Gasteiger partial charge is 0.0695 e. The number of aliphatic hydroxyl groups excluding tert-OH is 1. The van der Waals surface area contributed by atoms with E-state index in [-0.39, 0.29) is 12.1 Å². The van der Waals surface area contributed by atoms with Gasteiger partial charge < -0.3 is 10.8 Å². The third-order valence-corrected chi connectivity index (χ3v) is 3.86. The number of hydrogen-bond donors (Lipinski definition) is 2. The summed E-state index contributed by atoms with van der Waals surface area (Å²) in [5.74, 6) is 0. The van der Waals surface area contributed by atoms with Crippen molar-refractivity contribution in [3.8, 4) is 0 Å². The lowest BCUT2D eigenvalue weighted by molar-refractivity contribution is 0.0287. The van der Waals surface area contributed by atoms with Crippen LogP contribution in [0.3, 0.4) is 0 Å². The summed E-state index contributed by atoms with van der Waals surface area (Å²) in [7, 11) is 2.08. The summed E-state index contributed by atoms with van der Waals surface area (Å²) >= 11 is 0. The monoisotopic (exact) mass is 249 g/mol. The Morgan fingerprint density at radius 3 is 2.94 bits per heavy atom. The molecule has 1 fully saturated rings. The van der Waals surface area contributed by atoms with Crippen LogP contribution in [-0.4, -0.2) is 34.2 Å². The largest absolute Gasteiger partial charge is 0.391 e. The minimum absolute atomic E-state index is 0.193. The van der Waals surface area contributed by atoms with Gasteiger partial charge in [-0.25, -0.2) is 0 Å². The standard InChI is InChI=1S/C14H23N3O/c1-17(13-6-2-3-7-14(13)18)10-11-5-4-8-16-12(11)9-15/h4-5,8,13-14,18H,2-3,6-7,9-10,15H2,1H3. The molecule has 3 N–H and O–H groups in total. The van der Waals surface area contributed by atoms with Gasteiger partial charge in [-0.3, -0.25) is 9.88 Å². The molecule has 2 atom stereocenters. The second-order valence-electron chi connectivity index (χ2n) is 5.15. The van der Waals surface area contributed by atoms with Crippen molar-refractivity contribution in [3.05, 3.63) is 29.6 Å². The zero-order valence-electron chi connectivity index (χ0n) is 11.0. The van der Waals surface area contributed by atoms with Gasteiger partial charge in [-0.1, -0.05) is 18.9 Å². The highest BCUT2D eigenvalue weighted by Crippen LogP contribution is 2.23. The van der Waals surface area contributed by atoms with Gasteiger partial charge in [0.25, 0.3) is 0 Å². The second-order valence-corrected chi connectivity index (χ2v) is 5.15. The van der Waals surface area contributed by atoms with Crippen LogP contribution in [0, 0.1) is 0 Å². The second kappa shape index (κ2) is 6.27. The highest BCUT2D eigenvalue weighted by Gasteiger charge is 2.26. The van der Waals surface area contributed by atoms with Crippen LogP contribution in [0.1, 0.15) is 36.9 Å². The molecule has 1 saturated carbocycles. The van der Waals surface area contributed by atoms with E-state index >= 15 is 0 Å². The molecule has 2 unspecified atom stereocenters. The van der Waals surface area contributed by atoms with Crippen LogP contribution in [0.2, 0.25) is 0 Å². The highest BCUT2D eigenvalue weighted by molar-refractivity contribution is 5.19. The molecule has 2 rings (SSSR count). The molecule has 1 aromatic rings. The van der Waals surface area contributed by atoms with Gasteiger partial charge in [0.15, 0.2) is 0 Å². The molecule has 0 aromatic carbocycles. The van der Waals surface area contributed by atoms with Crippen LogP contribution in [0.25, 0.3) is 0 Å². The van der Waals surface area contributed by atoms with Crippen LogP contribution < -0.4 is 5.73 Å². The molecule has 1 aliphatic carbocycles. The maximum atomic E-state index is 10.1. The number of pyridine rings is 1. The van der Waals surface area contributed by atoms with Crippen molar-refractivity contribution in [2.24, 2.45) is 5.73 Å². The van der Waals surface area contributed by atoms with Gasteiger partial charge in [0.1, 0.15) is 0 Å². The van der Waals surface area contributed by atoms with E-state index in [9.17, 15) is 5.11 Å². The molecule has 4 nitrogen and oxygen atoms in total. The lowest BCUT2D eigenvalue weighted by Gasteiger charge is -2.35.